The van der Waals surface area contributed by atoms with Crippen molar-refractivity contribution in [2.45, 2.75) is 37.6 Å². The molecule has 0 N–H and O–H groups in total. The number of rotatable bonds is 2. The van der Waals surface area contributed by atoms with Gasteiger partial charge in [0.2, 0.25) is 0 Å². The van der Waals surface area contributed by atoms with Crippen LogP contribution in [0.3, 0.4) is 0 Å². The molecular weight excluding hydrogens is 248 g/mol. The number of esters is 1. The van der Waals surface area contributed by atoms with Crippen LogP contribution in [0.1, 0.15) is 18.8 Å². The van der Waals surface area contributed by atoms with Crippen LogP contribution in [0, 0.1) is 0 Å². The Kier molecular flexibility index (Phi) is 3.26. The summed E-state index contributed by atoms with van der Waals surface area (Å²) >= 11 is 0. The summed E-state index contributed by atoms with van der Waals surface area (Å²) in [5.74, 6) is -0.401. The van der Waals surface area contributed by atoms with Gasteiger partial charge in [-0.1, -0.05) is 30.3 Å². The van der Waals surface area contributed by atoms with E-state index >= 15 is 0 Å². The van der Waals surface area contributed by atoms with Gasteiger partial charge in [0.15, 0.2) is 12.4 Å². The normalized spacial score (nSPS) is 37.1. The van der Waals surface area contributed by atoms with Crippen LogP contribution in [0.5, 0.6) is 0 Å². The summed E-state index contributed by atoms with van der Waals surface area (Å²) in [6, 6.07) is 9.65. The smallest absolute Gasteiger partial charge is 0.337 e. The Labute approximate surface area is 111 Å². The minimum absolute atomic E-state index is 0.120. The molecule has 0 bridgehead atoms. The molecule has 2 aliphatic rings. The first-order valence-electron chi connectivity index (χ1n) is 6.30. The first-order chi connectivity index (χ1) is 9.20. The number of hydrogen-bond acceptors (Lipinski definition) is 5. The monoisotopic (exact) mass is 264 g/mol. The first kappa shape index (κ1) is 12.6. The van der Waals surface area contributed by atoms with Gasteiger partial charge in [-0.3, -0.25) is 0 Å². The van der Waals surface area contributed by atoms with Crippen molar-refractivity contribution in [3.8, 4) is 0 Å². The van der Waals surface area contributed by atoms with Crippen LogP contribution in [-0.2, 0) is 23.7 Å². The number of methoxy groups -OCH3 is 1. The molecule has 2 heterocycles. The van der Waals surface area contributed by atoms with Crippen LogP contribution in [-0.4, -0.2) is 37.5 Å². The molecule has 2 fully saturated rings. The number of hydrogen-bond donors (Lipinski definition) is 0. The largest absolute Gasteiger partial charge is 0.467 e. The molecule has 5 atom stereocenters. The van der Waals surface area contributed by atoms with Gasteiger partial charge in [0.1, 0.15) is 12.2 Å². The predicted molar refractivity (Wildman–Crippen MR) is 65.3 cm³/mol. The molecule has 0 radical (unpaired) electrons. The van der Waals surface area contributed by atoms with Crippen LogP contribution < -0.4 is 0 Å². The van der Waals surface area contributed by atoms with Crippen LogP contribution in [0.25, 0.3) is 0 Å². The third kappa shape index (κ3) is 2.14. The standard InChI is InChI=1S/C14H16O5/c1-8-10-11(12(18-10)13(15)16-2)19-14(17-8)9-6-4-3-5-7-9/h3-8,10-12,14H,1-2H3/t8-,10-,11+,12+,14-/m0/s1. The zero-order valence-electron chi connectivity index (χ0n) is 10.8. The summed E-state index contributed by atoms with van der Waals surface area (Å²) < 4.78 is 21.8. The highest BCUT2D eigenvalue weighted by Crippen LogP contribution is 2.39. The third-order valence-electron chi connectivity index (χ3n) is 3.51. The van der Waals surface area contributed by atoms with Crippen LogP contribution in [0.4, 0.5) is 0 Å². The van der Waals surface area contributed by atoms with Gasteiger partial charge >= 0.3 is 5.97 Å². The number of carbonyl (C=O) groups is 1. The van der Waals surface area contributed by atoms with Crippen LogP contribution in [0.2, 0.25) is 0 Å². The van der Waals surface area contributed by atoms with Crippen molar-refractivity contribution >= 4 is 5.97 Å². The van der Waals surface area contributed by atoms with Crippen molar-refractivity contribution in [1.29, 1.82) is 0 Å². The van der Waals surface area contributed by atoms with E-state index in [1.807, 2.05) is 37.3 Å². The van der Waals surface area contributed by atoms with Crippen molar-refractivity contribution in [1.82, 2.24) is 0 Å². The predicted octanol–water partition coefficient (Wildman–Crippen LogP) is 1.43. The van der Waals surface area contributed by atoms with Crippen molar-refractivity contribution < 1.29 is 23.7 Å². The van der Waals surface area contributed by atoms with E-state index in [4.69, 9.17) is 18.9 Å². The number of fused-ring (bicyclic) bond motifs is 1. The summed E-state index contributed by atoms with van der Waals surface area (Å²) in [5, 5.41) is 0. The highest BCUT2D eigenvalue weighted by Gasteiger charge is 2.55. The molecule has 1 aromatic rings. The molecule has 2 saturated heterocycles. The summed E-state index contributed by atoms with van der Waals surface area (Å²) in [5.41, 5.74) is 0.934. The summed E-state index contributed by atoms with van der Waals surface area (Å²) in [6.45, 7) is 1.92. The van der Waals surface area contributed by atoms with Gasteiger partial charge in [-0.05, 0) is 6.92 Å². The molecule has 5 heteroatoms. The Hall–Kier alpha value is -1.43. The second-order valence-electron chi connectivity index (χ2n) is 4.73. The van der Waals surface area contributed by atoms with Crippen molar-refractivity contribution in [2.24, 2.45) is 0 Å². The molecule has 0 amide bonds. The highest BCUT2D eigenvalue weighted by atomic mass is 16.7. The number of ether oxygens (including phenoxy) is 4. The highest BCUT2D eigenvalue weighted by molar-refractivity contribution is 5.76. The van der Waals surface area contributed by atoms with E-state index in [9.17, 15) is 4.79 Å². The SMILES string of the molecule is COC(=O)[C@@H]1O[C@@H]2[C@H]1O[C@@H](c1ccccc1)O[C@H]2C. The van der Waals surface area contributed by atoms with Gasteiger partial charge in [-0.15, -0.1) is 0 Å². The van der Waals surface area contributed by atoms with Crippen molar-refractivity contribution in [2.75, 3.05) is 7.11 Å². The van der Waals surface area contributed by atoms with Gasteiger partial charge in [-0.25, -0.2) is 4.79 Å². The number of carbonyl (C=O) groups excluding carboxylic acids is 1. The topological polar surface area (TPSA) is 54.0 Å². The summed E-state index contributed by atoms with van der Waals surface area (Å²) in [7, 11) is 1.34. The minimum atomic E-state index is -0.646. The molecule has 5 nitrogen and oxygen atoms in total. The van der Waals surface area contributed by atoms with Crippen molar-refractivity contribution in [3.63, 3.8) is 0 Å². The maximum Gasteiger partial charge on any atom is 0.337 e. The van der Waals surface area contributed by atoms with E-state index < -0.39 is 18.4 Å². The molecule has 2 aliphatic heterocycles. The maximum atomic E-state index is 11.5. The average molecular weight is 264 g/mol. The van der Waals surface area contributed by atoms with Crippen LogP contribution >= 0.6 is 0 Å². The van der Waals surface area contributed by atoms with Gasteiger partial charge in [-0.2, -0.15) is 0 Å². The molecule has 102 valence electrons. The molecule has 0 unspecified atom stereocenters. The fraction of sp³-hybridized carbons (Fsp3) is 0.500. The zero-order valence-corrected chi connectivity index (χ0v) is 10.8. The van der Waals surface area contributed by atoms with Gasteiger partial charge in [0, 0.05) is 5.56 Å². The van der Waals surface area contributed by atoms with Crippen LogP contribution in [0.15, 0.2) is 30.3 Å². The molecule has 19 heavy (non-hydrogen) atoms. The Bertz CT molecular complexity index is 460. The van der Waals surface area contributed by atoms with Gasteiger partial charge in [0.05, 0.1) is 13.2 Å². The van der Waals surface area contributed by atoms with Gasteiger partial charge in [0.25, 0.3) is 0 Å². The Morgan fingerprint density at radius 3 is 2.53 bits per heavy atom. The Morgan fingerprint density at radius 2 is 1.84 bits per heavy atom. The molecule has 0 aliphatic carbocycles. The second kappa shape index (κ2) is 4.92. The molecular formula is C14H16O5. The molecule has 0 saturated carbocycles. The fourth-order valence-electron chi connectivity index (χ4n) is 2.45. The molecule has 0 spiro atoms. The Balaban J connectivity index is 1.75. The van der Waals surface area contributed by atoms with Gasteiger partial charge < -0.3 is 18.9 Å². The first-order valence-corrected chi connectivity index (χ1v) is 6.30. The lowest BCUT2D eigenvalue weighted by Gasteiger charge is -2.50. The molecule has 3 rings (SSSR count). The molecule has 1 aromatic carbocycles. The molecule has 0 aromatic heterocycles. The van der Waals surface area contributed by atoms with Crippen molar-refractivity contribution in [3.05, 3.63) is 35.9 Å². The third-order valence-corrected chi connectivity index (χ3v) is 3.51. The Morgan fingerprint density at radius 1 is 1.11 bits per heavy atom. The zero-order chi connectivity index (χ0) is 13.4. The quantitative estimate of drug-likeness (QED) is 0.756. The summed E-state index contributed by atoms with van der Waals surface area (Å²) in [6.07, 6.45) is -1.74. The minimum Gasteiger partial charge on any atom is -0.467 e. The lowest BCUT2D eigenvalue weighted by Crippen LogP contribution is -2.66. The van der Waals surface area contributed by atoms with E-state index in [0.29, 0.717) is 0 Å². The second-order valence-corrected chi connectivity index (χ2v) is 4.73. The lowest BCUT2D eigenvalue weighted by atomic mass is 9.95. The van der Waals surface area contributed by atoms with E-state index in [2.05, 4.69) is 0 Å². The summed E-state index contributed by atoms with van der Waals surface area (Å²) in [4.78, 5) is 11.5. The lowest BCUT2D eigenvalue weighted by molar-refractivity contribution is -0.368. The van der Waals surface area contributed by atoms with E-state index in [1.54, 1.807) is 0 Å². The number of benzene rings is 1. The maximum absolute atomic E-state index is 11.5. The van der Waals surface area contributed by atoms with E-state index in [-0.39, 0.29) is 18.3 Å². The van der Waals surface area contributed by atoms with E-state index in [1.165, 1.54) is 7.11 Å². The fourth-order valence-corrected chi connectivity index (χ4v) is 2.45. The van der Waals surface area contributed by atoms with E-state index in [0.717, 1.165) is 5.56 Å². The average Bonchev–Trinajstić information content (AvgIpc) is 2.42.